The third-order valence-corrected chi connectivity index (χ3v) is 3.15. The molecule has 0 unspecified atom stereocenters. The van der Waals surface area contributed by atoms with Gasteiger partial charge in [0.1, 0.15) is 5.01 Å². The fourth-order valence-electron chi connectivity index (χ4n) is 1.32. The molecule has 5 heteroatoms. The van der Waals surface area contributed by atoms with Crippen molar-refractivity contribution in [3.8, 4) is 10.7 Å². The van der Waals surface area contributed by atoms with Gasteiger partial charge >= 0.3 is 5.97 Å². The number of pyridine rings is 1. The van der Waals surface area contributed by atoms with E-state index in [1.807, 2.05) is 24.4 Å². The largest absolute Gasteiger partial charge is 0.469 e. The maximum absolute atomic E-state index is 11.1. The van der Waals surface area contributed by atoms with Gasteiger partial charge in [-0.3, -0.25) is 9.78 Å². The van der Waals surface area contributed by atoms with E-state index in [4.69, 9.17) is 0 Å². The summed E-state index contributed by atoms with van der Waals surface area (Å²) < 4.78 is 4.59. The average molecular weight is 248 g/mol. The molecule has 0 atom stereocenters. The number of nitrogens with zero attached hydrogens (tertiary/aromatic N) is 2. The lowest BCUT2D eigenvalue weighted by atomic mass is 10.3. The molecule has 2 rings (SSSR count). The van der Waals surface area contributed by atoms with Gasteiger partial charge < -0.3 is 4.74 Å². The Balaban J connectivity index is 2.18. The van der Waals surface area contributed by atoms with E-state index in [2.05, 4.69) is 14.7 Å². The predicted molar refractivity (Wildman–Crippen MR) is 65.8 cm³/mol. The van der Waals surface area contributed by atoms with Gasteiger partial charge in [0.25, 0.3) is 0 Å². The zero-order valence-electron chi connectivity index (χ0n) is 9.64. The van der Waals surface area contributed by atoms with Crippen LogP contribution in [0.1, 0.15) is 11.3 Å². The van der Waals surface area contributed by atoms with Crippen LogP contribution in [0.4, 0.5) is 0 Å². The first-order chi connectivity index (χ1) is 8.19. The Kier molecular flexibility index (Phi) is 3.49. The van der Waals surface area contributed by atoms with E-state index in [1.165, 1.54) is 18.4 Å². The highest BCUT2D eigenvalue weighted by molar-refractivity contribution is 7.13. The third-order valence-electron chi connectivity index (χ3n) is 2.24. The SMILES string of the molecule is COC(=O)Cc1csc(-c2ccc(C)cn2)n1. The van der Waals surface area contributed by atoms with Crippen LogP contribution in [0.2, 0.25) is 0 Å². The molecule has 0 amide bonds. The lowest BCUT2D eigenvalue weighted by Crippen LogP contribution is -2.04. The molecule has 0 bridgehead atoms. The van der Waals surface area contributed by atoms with E-state index in [0.717, 1.165) is 22.0 Å². The van der Waals surface area contributed by atoms with Crippen LogP contribution in [-0.2, 0) is 16.0 Å². The first kappa shape index (κ1) is 11.7. The van der Waals surface area contributed by atoms with Crippen LogP contribution >= 0.6 is 11.3 Å². The number of hydrogen-bond donors (Lipinski definition) is 0. The van der Waals surface area contributed by atoms with Gasteiger partial charge in [-0.2, -0.15) is 0 Å². The third kappa shape index (κ3) is 2.88. The number of thiazole rings is 1. The van der Waals surface area contributed by atoms with E-state index >= 15 is 0 Å². The Hall–Kier alpha value is -1.75. The molecule has 0 fully saturated rings. The van der Waals surface area contributed by atoms with Crippen molar-refractivity contribution in [3.63, 3.8) is 0 Å². The van der Waals surface area contributed by atoms with E-state index in [0.29, 0.717) is 0 Å². The fourth-order valence-corrected chi connectivity index (χ4v) is 2.12. The van der Waals surface area contributed by atoms with Crippen LogP contribution < -0.4 is 0 Å². The van der Waals surface area contributed by atoms with Crippen LogP contribution in [0.25, 0.3) is 10.7 Å². The van der Waals surface area contributed by atoms with Crippen LogP contribution in [0.3, 0.4) is 0 Å². The van der Waals surface area contributed by atoms with Gasteiger partial charge in [-0.05, 0) is 18.6 Å². The van der Waals surface area contributed by atoms with Gasteiger partial charge in [-0.15, -0.1) is 11.3 Å². The van der Waals surface area contributed by atoms with Crippen molar-refractivity contribution in [1.29, 1.82) is 0 Å². The summed E-state index contributed by atoms with van der Waals surface area (Å²) in [4.78, 5) is 19.7. The van der Waals surface area contributed by atoms with Crippen LogP contribution in [0, 0.1) is 6.92 Å². The molecule has 0 saturated heterocycles. The molecule has 2 heterocycles. The van der Waals surface area contributed by atoms with Crippen molar-refractivity contribution >= 4 is 17.3 Å². The van der Waals surface area contributed by atoms with Crippen molar-refractivity contribution in [2.45, 2.75) is 13.3 Å². The molecular weight excluding hydrogens is 236 g/mol. The minimum absolute atomic E-state index is 0.207. The maximum atomic E-state index is 11.1. The van der Waals surface area contributed by atoms with E-state index in [9.17, 15) is 4.79 Å². The molecule has 2 aromatic rings. The van der Waals surface area contributed by atoms with E-state index in [1.54, 1.807) is 6.20 Å². The lowest BCUT2D eigenvalue weighted by molar-refractivity contribution is -0.139. The molecule has 0 N–H and O–H groups in total. The summed E-state index contributed by atoms with van der Waals surface area (Å²) in [6, 6.07) is 3.92. The molecule has 0 aliphatic carbocycles. The zero-order valence-corrected chi connectivity index (χ0v) is 10.5. The molecule has 0 aliphatic heterocycles. The van der Waals surface area contributed by atoms with E-state index in [-0.39, 0.29) is 12.4 Å². The van der Waals surface area contributed by atoms with Gasteiger partial charge in [0, 0.05) is 11.6 Å². The normalized spacial score (nSPS) is 10.2. The molecule has 4 nitrogen and oxygen atoms in total. The molecule has 0 aromatic carbocycles. The topological polar surface area (TPSA) is 52.1 Å². The van der Waals surface area contributed by atoms with Gasteiger partial charge in [-0.1, -0.05) is 6.07 Å². The molecule has 0 radical (unpaired) electrons. The summed E-state index contributed by atoms with van der Waals surface area (Å²) in [5, 5.41) is 2.68. The Morgan fingerprint density at radius 1 is 1.47 bits per heavy atom. The molecule has 0 spiro atoms. The number of aryl methyl sites for hydroxylation is 1. The molecule has 2 aromatic heterocycles. The monoisotopic (exact) mass is 248 g/mol. The second-order valence-electron chi connectivity index (χ2n) is 3.62. The fraction of sp³-hybridized carbons (Fsp3) is 0.250. The van der Waals surface area contributed by atoms with E-state index < -0.39 is 0 Å². The summed E-state index contributed by atoms with van der Waals surface area (Å²) in [6.07, 6.45) is 2.01. The van der Waals surface area contributed by atoms with Gasteiger partial charge in [0.15, 0.2) is 0 Å². The van der Waals surface area contributed by atoms with Gasteiger partial charge in [-0.25, -0.2) is 4.98 Å². The number of carbonyl (C=O) groups is 1. The molecule has 0 saturated carbocycles. The highest BCUT2D eigenvalue weighted by Gasteiger charge is 2.09. The van der Waals surface area contributed by atoms with Crippen molar-refractivity contribution in [1.82, 2.24) is 9.97 Å². The van der Waals surface area contributed by atoms with Crippen LogP contribution in [-0.4, -0.2) is 23.0 Å². The standard InChI is InChI=1S/C12H12N2O2S/c1-8-3-4-10(13-6-8)12-14-9(7-17-12)5-11(15)16-2/h3-4,6-7H,5H2,1-2H3. The Morgan fingerprint density at radius 3 is 2.94 bits per heavy atom. The predicted octanol–water partition coefficient (Wildman–Crippen LogP) is 2.23. The first-order valence-electron chi connectivity index (χ1n) is 5.13. The lowest BCUT2D eigenvalue weighted by Gasteiger charge is -1.96. The Bertz CT molecular complexity index is 520. The highest BCUT2D eigenvalue weighted by Crippen LogP contribution is 2.22. The Morgan fingerprint density at radius 2 is 2.29 bits per heavy atom. The molecule has 88 valence electrons. The van der Waals surface area contributed by atoms with Crippen LogP contribution in [0.5, 0.6) is 0 Å². The summed E-state index contributed by atoms with van der Waals surface area (Å²) in [5.41, 5.74) is 2.66. The number of hydrogen-bond acceptors (Lipinski definition) is 5. The molecule has 0 aliphatic rings. The summed E-state index contributed by atoms with van der Waals surface area (Å²) in [6.45, 7) is 1.99. The first-order valence-corrected chi connectivity index (χ1v) is 6.01. The summed E-state index contributed by atoms with van der Waals surface area (Å²) in [5.74, 6) is -0.279. The second-order valence-corrected chi connectivity index (χ2v) is 4.48. The minimum atomic E-state index is -0.279. The van der Waals surface area contributed by atoms with Crippen LogP contribution in [0.15, 0.2) is 23.7 Å². The number of esters is 1. The van der Waals surface area contributed by atoms with Gasteiger partial charge in [0.2, 0.25) is 0 Å². The molecular formula is C12H12N2O2S. The van der Waals surface area contributed by atoms with Gasteiger partial charge in [0.05, 0.1) is 24.9 Å². The summed E-state index contributed by atoms with van der Waals surface area (Å²) in [7, 11) is 1.37. The molecule has 17 heavy (non-hydrogen) atoms. The van der Waals surface area contributed by atoms with Crippen molar-refractivity contribution in [3.05, 3.63) is 35.0 Å². The minimum Gasteiger partial charge on any atom is -0.469 e. The number of aromatic nitrogens is 2. The highest BCUT2D eigenvalue weighted by atomic mass is 32.1. The van der Waals surface area contributed by atoms with Crippen molar-refractivity contribution in [2.75, 3.05) is 7.11 Å². The second kappa shape index (κ2) is 5.05. The number of methoxy groups -OCH3 is 1. The quantitative estimate of drug-likeness (QED) is 0.782. The number of rotatable bonds is 3. The average Bonchev–Trinajstić information content (AvgIpc) is 2.78. The zero-order chi connectivity index (χ0) is 12.3. The Labute approximate surface area is 103 Å². The summed E-state index contributed by atoms with van der Waals surface area (Å²) >= 11 is 1.48. The number of ether oxygens (including phenoxy) is 1. The number of carbonyl (C=O) groups excluding carboxylic acids is 1. The van der Waals surface area contributed by atoms with Crippen molar-refractivity contribution in [2.24, 2.45) is 0 Å². The maximum Gasteiger partial charge on any atom is 0.311 e. The smallest absolute Gasteiger partial charge is 0.311 e. The van der Waals surface area contributed by atoms with Crippen molar-refractivity contribution < 1.29 is 9.53 Å².